The predicted octanol–water partition coefficient (Wildman–Crippen LogP) is 3.64. The molecule has 2 aromatic carbocycles. The summed E-state index contributed by atoms with van der Waals surface area (Å²) in [7, 11) is 0. The number of para-hydroxylation sites is 1. The second-order valence-corrected chi connectivity index (χ2v) is 8.00. The Hall–Kier alpha value is -4.24. The van der Waals surface area contributed by atoms with Gasteiger partial charge in [0.05, 0.1) is 5.56 Å². The lowest BCUT2D eigenvalue weighted by Crippen LogP contribution is -2.38. The molecular formula is C23H17N3O5S. The highest BCUT2D eigenvalue weighted by molar-refractivity contribution is 7.16. The summed E-state index contributed by atoms with van der Waals surface area (Å²) >= 11 is 1.34. The first kappa shape index (κ1) is 21.0. The lowest BCUT2D eigenvalue weighted by molar-refractivity contribution is -0.127. The molecule has 0 aliphatic carbocycles. The van der Waals surface area contributed by atoms with Crippen LogP contribution in [0.4, 0.5) is 10.5 Å². The lowest BCUT2D eigenvalue weighted by Gasteiger charge is -2.11. The van der Waals surface area contributed by atoms with Gasteiger partial charge >= 0.3 is 12.0 Å². The molecule has 3 N–H and O–H groups in total. The number of anilines is 1. The summed E-state index contributed by atoms with van der Waals surface area (Å²) in [5.41, 5.74) is 1.55. The Bertz CT molecular complexity index is 1250. The zero-order valence-electron chi connectivity index (χ0n) is 16.6. The van der Waals surface area contributed by atoms with Crippen LogP contribution >= 0.6 is 11.3 Å². The predicted molar refractivity (Wildman–Crippen MR) is 120 cm³/mol. The van der Waals surface area contributed by atoms with Gasteiger partial charge < -0.3 is 15.7 Å². The minimum Gasteiger partial charge on any atom is -0.478 e. The molecule has 3 aromatic rings. The van der Waals surface area contributed by atoms with E-state index in [2.05, 4.69) is 10.6 Å². The number of imide groups is 1. The molecule has 1 aromatic heterocycles. The van der Waals surface area contributed by atoms with Crippen molar-refractivity contribution in [3.05, 3.63) is 82.9 Å². The van der Waals surface area contributed by atoms with Crippen molar-refractivity contribution in [2.45, 2.75) is 0 Å². The van der Waals surface area contributed by atoms with Gasteiger partial charge in [-0.2, -0.15) is 0 Å². The van der Waals surface area contributed by atoms with Crippen LogP contribution in [0, 0.1) is 0 Å². The number of hydrogen-bond donors (Lipinski definition) is 3. The van der Waals surface area contributed by atoms with E-state index in [4.69, 9.17) is 5.11 Å². The molecule has 0 radical (unpaired) electrons. The van der Waals surface area contributed by atoms with Crippen LogP contribution in [0.2, 0.25) is 0 Å². The second kappa shape index (κ2) is 8.86. The van der Waals surface area contributed by atoms with Crippen molar-refractivity contribution in [1.29, 1.82) is 0 Å². The van der Waals surface area contributed by atoms with Crippen molar-refractivity contribution < 1.29 is 24.3 Å². The quantitative estimate of drug-likeness (QED) is 0.394. The number of carbonyl (C=O) groups excluding carboxylic acids is 3. The van der Waals surface area contributed by atoms with Gasteiger partial charge in [0.2, 0.25) is 5.91 Å². The number of carboxylic acid groups (broad SMARTS) is 1. The SMILES string of the molecule is O=C(CN1C(=O)NC(=Cc2ccc(-c3cccc(C(=O)O)c3)s2)C1=O)Nc1ccccc1. The summed E-state index contributed by atoms with van der Waals surface area (Å²) in [4.78, 5) is 50.6. The summed E-state index contributed by atoms with van der Waals surface area (Å²) < 4.78 is 0. The van der Waals surface area contributed by atoms with E-state index in [1.807, 2.05) is 12.1 Å². The Kier molecular flexibility index (Phi) is 5.82. The number of carbonyl (C=O) groups is 4. The molecule has 0 unspecified atom stereocenters. The first-order chi connectivity index (χ1) is 15.4. The molecule has 32 heavy (non-hydrogen) atoms. The molecule has 0 atom stereocenters. The molecule has 0 saturated carbocycles. The van der Waals surface area contributed by atoms with Gasteiger partial charge in [-0.25, -0.2) is 14.5 Å². The Labute approximate surface area is 186 Å². The van der Waals surface area contributed by atoms with Crippen molar-refractivity contribution in [3.8, 4) is 10.4 Å². The molecule has 1 fully saturated rings. The highest BCUT2D eigenvalue weighted by atomic mass is 32.1. The Morgan fingerprint density at radius 2 is 1.81 bits per heavy atom. The maximum atomic E-state index is 12.6. The maximum absolute atomic E-state index is 12.6. The van der Waals surface area contributed by atoms with E-state index in [9.17, 15) is 19.2 Å². The smallest absolute Gasteiger partial charge is 0.335 e. The van der Waals surface area contributed by atoms with Crippen LogP contribution in [-0.2, 0) is 9.59 Å². The number of thiophene rings is 1. The molecule has 160 valence electrons. The van der Waals surface area contributed by atoms with E-state index in [1.54, 1.807) is 48.5 Å². The maximum Gasteiger partial charge on any atom is 0.335 e. The highest BCUT2D eigenvalue weighted by Gasteiger charge is 2.35. The number of rotatable bonds is 6. The van der Waals surface area contributed by atoms with E-state index in [0.29, 0.717) is 10.6 Å². The third-order valence-electron chi connectivity index (χ3n) is 4.63. The number of benzene rings is 2. The van der Waals surface area contributed by atoms with Crippen LogP contribution in [0.15, 0.2) is 72.4 Å². The number of amides is 4. The lowest BCUT2D eigenvalue weighted by atomic mass is 10.1. The number of urea groups is 1. The number of carboxylic acids is 1. The van der Waals surface area contributed by atoms with E-state index < -0.39 is 30.4 Å². The molecule has 8 nitrogen and oxygen atoms in total. The van der Waals surface area contributed by atoms with Crippen LogP contribution in [0.25, 0.3) is 16.5 Å². The number of nitrogens with one attached hydrogen (secondary N) is 2. The summed E-state index contributed by atoms with van der Waals surface area (Å²) in [6.45, 7) is -0.408. The minimum atomic E-state index is -1.01. The minimum absolute atomic E-state index is 0.0650. The van der Waals surface area contributed by atoms with Crippen LogP contribution in [0.1, 0.15) is 15.2 Å². The number of aromatic carboxylic acids is 1. The summed E-state index contributed by atoms with van der Waals surface area (Å²) in [6, 6.07) is 18.2. The Morgan fingerprint density at radius 3 is 2.56 bits per heavy atom. The van der Waals surface area contributed by atoms with Gasteiger partial charge in [-0.3, -0.25) is 9.59 Å². The molecular weight excluding hydrogens is 430 g/mol. The molecule has 1 saturated heterocycles. The van der Waals surface area contributed by atoms with E-state index in [0.717, 1.165) is 15.3 Å². The highest BCUT2D eigenvalue weighted by Crippen LogP contribution is 2.30. The van der Waals surface area contributed by atoms with Crippen LogP contribution in [-0.4, -0.2) is 40.4 Å². The third-order valence-corrected chi connectivity index (χ3v) is 5.71. The monoisotopic (exact) mass is 447 g/mol. The van der Waals surface area contributed by atoms with Gasteiger partial charge in [0.1, 0.15) is 12.2 Å². The average Bonchev–Trinajstić information content (AvgIpc) is 3.35. The summed E-state index contributed by atoms with van der Waals surface area (Å²) in [6.07, 6.45) is 1.53. The fourth-order valence-corrected chi connectivity index (χ4v) is 4.06. The first-order valence-corrected chi connectivity index (χ1v) is 10.4. The normalized spacial score (nSPS) is 14.5. The van der Waals surface area contributed by atoms with Gasteiger partial charge in [0, 0.05) is 15.4 Å². The van der Waals surface area contributed by atoms with Gasteiger partial charge in [-0.1, -0.05) is 30.3 Å². The fraction of sp³-hybridized carbons (Fsp3) is 0.0435. The van der Waals surface area contributed by atoms with Crippen molar-refractivity contribution in [2.24, 2.45) is 0 Å². The van der Waals surface area contributed by atoms with Gasteiger partial charge in [0.25, 0.3) is 5.91 Å². The molecule has 1 aliphatic heterocycles. The summed E-state index contributed by atoms with van der Waals surface area (Å²) in [5.74, 6) is -2.10. The van der Waals surface area contributed by atoms with Crippen LogP contribution < -0.4 is 10.6 Å². The van der Waals surface area contributed by atoms with Gasteiger partial charge in [0.15, 0.2) is 0 Å². The number of hydrogen-bond acceptors (Lipinski definition) is 5. The van der Waals surface area contributed by atoms with Crippen molar-refractivity contribution in [2.75, 3.05) is 11.9 Å². The topological polar surface area (TPSA) is 116 Å². The molecule has 2 heterocycles. The zero-order chi connectivity index (χ0) is 22.7. The molecule has 0 bridgehead atoms. The zero-order valence-corrected chi connectivity index (χ0v) is 17.4. The molecule has 4 rings (SSSR count). The third kappa shape index (κ3) is 4.57. The molecule has 0 spiro atoms. The second-order valence-electron chi connectivity index (χ2n) is 6.88. The van der Waals surface area contributed by atoms with Crippen LogP contribution in [0.3, 0.4) is 0 Å². The Balaban J connectivity index is 1.47. The van der Waals surface area contributed by atoms with Gasteiger partial charge in [-0.15, -0.1) is 11.3 Å². The largest absolute Gasteiger partial charge is 0.478 e. The average molecular weight is 447 g/mol. The first-order valence-electron chi connectivity index (χ1n) is 9.54. The summed E-state index contributed by atoms with van der Waals surface area (Å²) in [5, 5.41) is 14.3. The van der Waals surface area contributed by atoms with E-state index in [1.165, 1.54) is 23.5 Å². The standard InChI is InChI=1S/C23H17N3O5S/c27-20(24-16-7-2-1-3-8-16)13-26-21(28)18(25-23(26)31)12-17-9-10-19(32-17)14-5-4-6-15(11-14)22(29)30/h1-12H,13H2,(H,24,27)(H,25,31)(H,29,30). The van der Waals surface area contributed by atoms with E-state index in [-0.39, 0.29) is 11.3 Å². The van der Waals surface area contributed by atoms with Gasteiger partial charge in [-0.05, 0) is 48.0 Å². The molecule has 4 amide bonds. The van der Waals surface area contributed by atoms with Crippen LogP contribution in [0.5, 0.6) is 0 Å². The van der Waals surface area contributed by atoms with E-state index >= 15 is 0 Å². The van der Waals surface area contributed by atoms with Crippen molar-refractivity contribution in [1.82, 2.24) is 10.2 Å². The molecule has 9 heteroatoms. The molecule has 1 aliphatic rings. The fourth-order valence-electron chi connectivity index (χ4n) is 3.11. The number of nitrogens with zero attached hydrogens (tertiary/aromatic N) is 1. The van der Waals surface area contributed by atoms with Crippen molar-refractivity contribution in [3.63, 3.8) is 0 Å². The Morgan fingerprint density at radius 1 is 1.03 bits per heavy atom. The van der Waals surface area contributed by atoms with Crippen molar-refractivity contribution >= 4 is 46.9 Å².